The Kier molecular flexibility index (Phi) is 4.26. The summed E-state index contributed by atoms with van der Waals surface area (Å²) in [6, 6.07) is 0.615. The van der Waals surface area contributed by atoms with Crippen LogP contribution in [-0.2, 0) is 4.74 Å². The van der Waals surface area contributed by atoms with E-state index in [-0.39, 0.29) is 12.2 Å². The Bertz CT molecular complexity index is 262. The molecule has 2 atom stereocenters. The molecule has 2 aliphatic rings. The number of nitrogens with zero attached hydrogens (tertiary/aromatic N) is 1. The van der Waals surface area contributed by atoms with Gasteiger partial charge < -0.3 is 15.0 Å². The zero-order chi connectivity index (χ0) is 12.3. The van der Waals surface area contributed by atoms with Crippen LogP contribution in [0.25, 0.3) is 0 Å². The lowest BCUT2D eigenvalue weighted by molar-refractivity contribution is 0.0591. The van der Waals surface area contributed by atoms with Crippen LogP contribution < -0.4 is 5.32 Å². The molecule has 2 aliphatic heterocycles. The van der Waals surface area contributed by atoms with Gasteiger partial charge in [0.05, 0.1) is 6.10 Å². The molecule has 0 spiro atoms. The van der Waals surface area contributed by atoms with Crippen molar-refractivity contribution in [3.05, 3.63) is 0 Å². The van der Waals surface area contributed by atoms with Gasteiger partial charge in [0.15, 0.2) is 0 Å². The van der Waals surface area contributed by atoms with E-state index in [1.807, 2.05) is 18.7 Å². The van der Waals surface area contributed by atoms with Crippen molar-refractivity contribution in [3.8, 4) is 0 Å². The molecule has 1 N–H and O–H groups in total. The first-order valence-corrected chi connectivity index (χ1v) is 6.86. The quantitative estimate of drug-likeness (QED) is 0.802. The van der Waals surface area contributed by atoms with Gasteiger partial charge in [-0.15, -0.1) is 0 Å². The van der Waals surface area contributed by atoms with Crippen molar-refractivity contribution < 1.29 is 9.53 Å². The summed E-state index contributed by atoms with van der Waals surface area (Å²) in [4.78, 5) is 13.7. The van der Waals surface area contributed by atoms with Gasteiger partial charge in [-0.25, -0.2) is 4.79 Å². The zero-order valence-corrected chi connectivity index (χ0v) is 10.9. The number of hydrogen-bond donors (Lipinski definition) is 1. The summed E-state index contributed by atoms with van der Waals surface area (Å²) in [5, 5.41) is 3.55. The lowest BCUT2D eigenvalue weighted by atomic mass is 9.90. The lowest BCUT2D eigenvalue weighted by Crippen LogP contribution is -2.46. The van der Waals surface area contributed by atoms with Crippen LogP contribution in [-0.4, -0.2) is 42.8 Å². The van der Waals surface area contributed by atoms with Crippen molar-refractivity contribution in [1.82, 2.24) is 10.2 Å². The van der Waals surface area contributed by atoms with E-state index in [0.717, 1.165) is 26.1 Å². The first-order chi connectivity index (χ1) is 8.16. The van der Waals surface area contributed by atoms with Crippen molar-refractivity contribution in [2.75, 3.05) is 19.6 Å². The van der Waals surface area contributed by atoms with Gasteiger partial charge in [0.2, 0.25) is 0 Å². The van der Waals surface area contributed by atoms with E-state index < -0.39 is 0 Å². The zero-order valence-electron chi connectivity index (χ0n) is 10.9. The largest absolute Gasteiger partial charge is 0.447 e. The molecule has 2 fully saturated rings. The maximum Gasteiger partial charge on any atom is 0.410 e. The number of ether oxygens (including phenoxy) is 1. The molecule has 2 heterocycles. The second-order valence-corrected chi connectivity index (χ2v) is 5.48. The van der Waals surface area contributed by atoms with E-state index in [4.69, 9.17) is 4.74 Å². The normalized spacial score (nSPS) is 29.7. The monoisotopic (exact) mass is 240 g/mol. The van der Waals surface area contributed by atoms with Crippen LogP contribution in [0.2, 0.25) is 0 Å². The summed E-state index contributed by atoms with van der Waals surface area (Å²) in [7, 11) is 0. The van der Waals surface area contributed by atoms with E-state index in [1.165, 1.54) is 19.3 Å². The van der Waals surface area contributed by atoms with Crippen LogP contribution in [0.15, 0.2) is 0 Å². The van der Waals surface area contributed by atoms with E-state index in [0.29, 0.717) is 12.0 Å². The van der Waals surface area contributed by atoms with Gasteiger partial charge in [-0.05, 0) is 52.0 Å². The molecule has 0 saturated carbocycles. The van der Waals surface area contributed by atoms with Crippen LogP contribution in [0.1, 0.15) is 39.5 Å². The highest BCUT2D eigenvalue weighted by Crippen LogP contribution is 2.25. The molecule has 4 nitrogen and oxygen atoms in total. The number of carbonyl (C=O) groups is 1. The highest BCUT2D eigenvalue weighted by Gasteiger charge is 2.31. The maximum atomic E-state index is 11.9. The summed E-state index contributed by atoms with van der Waals surface area (Å²) in [6.45, 7) is 6.66. The minimum absolute atomic E-state index is 0.0208. The number of carbonyl (C=O) groups excluding carboxylic acids is 1. The molecule has 4 heteroatoms. The average molecular weight is 240 g/mol. The van der Waals surface area contributed by atoms with Gasteiger partial charge in [-0.2, -0.15) is 0 Å². The fourth-order valence-corrected chi connectivity index (χ4v) is 2.89. The third kappa shape index (κ3) is 3.35. The molecule has 17 heavy (non-hydrogen) atoms. The third-order valence-corrected chi connectivity index (χ3v) is 3.72. The van der Waals surface area contributed by atoms with Crippen LogP contribution in [0.3, 0.4) is 0 Å². The third-order valence-electron chi connectivity index (χ3n) is 3.72. The highest BCUT2D eigenvalue weighted by atomic mass is 16.6. The minimum atomic E-state index is -0.136. The SMILES string of the molecule is CC(C)OC(=O)N1CCCC(C2CCCN2)C1. The number of hydrogen-bond acceptors (Lipinski definition) is 3. The molecule has 0 radical (unpaired) electrons. The number of nitrogens with one attached hydrogen (secondary N) is 1. The van der Waals surface area contributed by atoms with E-state index >= 15 is 0 Å². The van der Waals surface area contributed by atoms with Gasteiger partial charge in [-0.3, -0.25) is 0 Å². The smallest absolute Gasteiger partial charge is 0.410 e. The molecule has 0 aromatic rings. The predicted molar refractivity (Wildman–Crippen MR) is 66.9 cm³/mol. The molecule has 0 aromatic carbocycles. The fourth-order valence-electron chi connectivity index (χ4n) is 2.89. The van der Waals surface area contributed by atoms with Gasteiger partial charge in [0.1, 0.15) is 0 Å². The standard InChI is InChI=1S/C13H24N2O2/c1-10(2)17-13(16)15-8-4-5-11(9-15)12-6-3-7-14-12/h10-12,14H,3-9H2,1-2H3. The molecule has 98 valence electrons. The second kappa shape index (κ2) is 5.71. The Morgan fingerprint density at radius 2 is 2.18 bits per heavy atom. The van der Waals surface area contributed by atoms with Gasteiger partial charge in [0.25, 0.3) is 0 Å². The highest BCUT2D eigenvalue weighted by molar-refractivity contribution is 5.67. The van der Waals surface area contributed by atoms with E-state index in [1.54, 1.807) is 0 Å². The number of amides is 1. The Hall–Kier alpha value is -0.770. The molecule has 2 unspecified atom stereocenters. The maximum absolute atomic E-state index is 11.9. The summed E-state index contributed by atoms with van der Waals surface area (Å²) in [5.41, 5.74) is 0. The van der Waals surface area contributed by atoms with Crippen molar-refractivity contribution in [1.29, 1.82) is 0 Å². The number of piperidine rings is 1. The fraction of sp³-hybridized carbons (Fsp3) is 0.923. The summed E-state index contributed by atoms with van der Waals surface area (Å²) >= 11 is 0. The molecular formula is C13H24N2O2. The molecule has 2 rings (SSSR count). The first-order valence-electron chi connectivity index (χ1n) is 6.86. The lowest BCUT2D eigenvalue weighted by Gasteiger charge is -2.35. The van der Waals surface area contributed by atoms with Crippen molar-refractivity contribution in [2.45, 2.75) is 51.7 Å². The van der Waals surface area contributed by atoms with Crippen molar-refractivity contribution in [3.63, 3.8) is 0 Å². The van der Waals surface area contributed by atoms with Crippen LogP contribution in [0.5, 0.6) is 0 Å². The predicted octanol–water partition coefficient (Wildman–Crippen LogP) is 2.00. The Balaban J connectivity index is 1.85. The van der Waals surface area contributed by atoms with Crippen LogP contribution >= 0.6 is 0 Å². The first kappa shape index (κ1) is 12.7. The van der Waals surface area contributed by atoms with Gasteiger partial charge >= 0.3 is 6.09 Å². The molecular weight excluding hydrogens is 216 g/mol. The second-order valence-electron chi connectivity index (χ2n) is 5.48. The average Bonchev–Trinajstić information content (AvgIpc) is 2.82. The Labute approximate surface area is 104 Å². The molecule has 1 amide bonds. The summed E-state index contributed by atoms with van der Waals surface area (Å²) in [5.74, 6) is 0.617. The van der Waals surface area contributed by atoms with Crippen molar-refractivity contribution in [2.24, 2.45) is 5.92 Å². The molecule has 2 saturated heterocycles. The molecule has 0 bridgehead atoms. The van der Waals surface area contributed by atoms with Crippen LogP contribution in [0, 0.1) is 5.92 Å². The Morgan fingerprint density at radius 1 is 1.35 bits per heavy atom. The summed E-state index contributed by atoms with van der Waals surface area (Å²) in [6.07, 6.45) is 4.73. The Morgan fingerprint density at radius 3 is 2.82 bits per heavy atom. The topological polar surface area (TPSA) is 41.6 Å². The minimum Gasteiger partial charge on any atom is -0.447 e. The number of rotatable bonds is 2. The van der Waals surface area contributed by atoms with Crippen LogP contribution in [0.4, 0.5) is 4.79 Å². The van der Waals surface area contributed by atoms with E-state index in [2.05, 4.69) is 5.32 Å². The van der Waals surface area contributed by atoms with Crippen molar-refractivity contribution >= 4 is 6.09 Å². The van der Waals surface area contributed by atoms with Gasteiger partial charge in [-0.1, -0.05) is 0 Å². The van der Waals surface area contributed by atoms with Gasteiger partial charge in [0, 0.05) is 19.1 Å². The molecule has 0 aliphatic carbocycles. The van der Waals surface area contributed by atoms with E-state index in [9.17, 15) is 4.79 Å². The molecule has 0 aromatic heterocycles. The number of likely N-dealkylation sites (tertiary alicyclic amines) is 1. The summed E-state index contributed by atoms with van der Waals surface area (Å²) < 4.78 is 5.27.